The van der Waals surface area contributed by atoms with Gasteiger partial charge in [0.15, 0.2) is 5.60 Å². The smallest absolute Gasteiger partial charge is 0.409 e. The minimum Gasteiger partial charge on any atom is -0.460 e. The number of amides is 1. The van der Waals surface area contributed by atoms with Gasteiger partial charge in [-0.2, -0.15) is 0 Å². The highest BCUT2D eigenvalue weighted by molar-refractivity contribution is 5.82. The zero-order valence-electron chi connectivity index (χ0n) is 20.5. The average molecular weight is 495 g/mol. The predicted octanol–water partition coefficient (Wildman–Crippen LogP) is 4.31. The number of aromatic nitrogens is 1. The lowest BCUT2D eigenvalue weighted by Gasteiger charge is -2.50. The Morgan fingerprint density at radius 1 is 1.33 bits per heavy atom. The monoisotopic (exact) mass is 494 g/mol. The number of allylic oxidation sites excluding steroid dienone is 1. The zero-order chi connectivity index (χ0) is 25.4. The Labute approximate surface area is 209 Å². The number of carbonyl (C=O) groups is 2. The predicted molar refractivity (Wildman–Crippen MR) is 131 cm³/mol. The third-order valence-electron chi connectivity index (χ3n) is 7.94. The van der Waals surface area contributed by atoms with Crippen LogP contribution in [0, 0.1) is 29.5 Å². The van der Waals surface area contributed by atoms with E-state index in [2.05, 4.69) is 4.98 Å². The molecule has 6 atom stereocenters. The van der Waals surface area contributed by atoms with E-state index in [1.54, 1.807) is 24.1 Å². The van der Waals surface area contributed by atoms with Gasteiger partial charge in [0.05, 0.1) is 12.3 Å². The van der Waals surface area contributed by atoms with E-state index in [4.69, 9.17) is 9.47 Å². The Morgan fingerprint density at radius 2 is 2.17 bits per heavy atom. The van der Waals surface area contributed by atoms with Crippen molar-refractivity contribution in [2.24, 2.45) is 23.7 Å². The van der Waals surface area contributed by atoms with Gasteiger partial charge < -0.3 is 19.5 Å². The molecule has 1 aromatic carbocycles. The molecular formula is C28H31FN2O5. The van der Waals surface area contributed by atoms with Gasteiger partial charge in [-0.05, 0) is 74.3 Å². The first-order valence-corrected chi connectivity index (χ1v) is 12.6. The van der Waals surface area contributed by atoms with Crippen LogP contribution in [0.3, 0.4) is 0 Å². The second-order valence-corrected chi connectivity index (χ2v) is 10.0. The van der Waals surface area contributed by atoms with Gasteiger partial charge in [-0.15, -0.1) is 0 Å². The normalized spacial score (nSPS) is 31.6. The number of hydrogen-bond donors (Lipinski definition) is 1. The van der Waals surface area contributed by atoms with Crippen LogP contribution in [0.1, 0.15) is 32.4 Å². The van der Waals surface area contributed by atoms with Crippen molar-refractivity contribution in [2.45, 2.75) is 38.4 Å². The largest absolute Gasteiger partial charge is 0.460 e. The molecule has 2 aromatic rings. The summed E-state index contributed by atoms with van der Waals surface area (Å²) in [6.45, 7) is 4.91. The number of cyclic esters (lactones) is 1. The van der Waals surface area contributed by atoms with E-state index in [1.165, 1.54) is 12.1 Å². The fraction of sp³-hybridized carbons (Fsp3) is 0.464. The minimum absolute atomic E-state index is 0.0554. The number of ether oxygens (including phenoxy) is 2. The summed E-state index contributed by atoms with van der Waals surface area (Å²) in [4.78, 5) is 31.3. The molecule has 8 heteroatoms. The number of pyridine rings is 1. The molecule has 1 aromatic heterocycles. The summed E-state index contributed by atoms with van der Waals surface area (Å²) < 4.78 is 24.3. The second kappa shape index (κ2) is 9.65. The molecule has 2 saturated heterocycles. The van der Waals surface area contributed by atoms with Crippen LogP contribution in [0.15, 0.2) is 48.7 Å². The number of benzene rings is 1. The molecule has 0 spiro atoms. The van der Waals surface area contributed by atoms with Gasteiger partial charge in [-0.3, -0.25) is 4.98 Å². The maximum Gasteiger partial charge on any atom is 0.409 e. The van der Waals surface area contributed by atoms with Crippen molar-refractivity contribution < 1.29 is 28.6 Å². The molecule has 36 heavy (non-hydrogen) atoms. The molecule has 1 aliphatic carbocycles. The van der Waals surface area contributed by atoms with Crippen LogP contribution in [-0.4, -0.2) is 58.5 Å². The number of esters is 1. The van der Waals surface area contributed by atoms with E-state index in [0.29, 0.717) is 19.7 Å². The molecule has 1 N–H and O–H groups in total. The van der Waals surface area contributed by atoms with E-state index < -0.39 is 17.7 Å². The molecule has 1 saturated carbocycles. The van der Waals surface area contributed by atoms with E-state index >= 15 is 0 Å². The lowest BCUT2D eigenvalue weighted by Crippen LogP contribution is -2.58. The van der Waals surface area contributed by atoms with Crippen molar-refractivity contribution in [3.8, 4) is 11.1 Å². The first-order chi connectivity index (χ1) is 17.3. The topological polar surface area (TPSA) is 89.0 Å². The van der Waals surface area contributed by atoms with Crippen LogP contribution in [0.25, 0.3) is 17.2 Å². The number of likely N-dealkylation sites (tertiary alicyclic amines) is 1. The van der Waals surface area contributed by atoms with Crippen molar-refractivity contribution in [3.05, 3.63) is 60.2 Å². The molecule has 5 rings (SSSR count). The number of hydrogen-bond acceptors (Lipinski definition) is 6. The SMILES string of the molecule is CCOC(=O)N1CC[C@@H]2[C@@H](C1)C[C@@]1(O)C(=O)O[C@H](C)[C@H]1[C@H]2/C=C/c1ccc(-c2cccc(F)c2)cn1. The summed E-state index contributed by atoms with van der Waals surface area (Å²) in [6, 6.07) is 10.1. The van der Waals surface area contributed by atoms with E-state index in [0.717, 1.165) is 23.2 Å². The summed E-state index contributed by atoms with van der Waals surface area (Å²) in [5, 5.41) is 11.5. The summed E-state index contributed by atoms with van der Waals surface area (Å²) >= 11 is 0. The summed E-state index contributed by atoms with van der Waals surface area (Å²) in [5.41, 5.74) is 0.709. The van der Waals surface area contributed by atoms with Crippen LogP contribution in [0.2, 0.25) is 0 Å². The molecule has 190 valence electrons. The lowest BCUT2D eigenvalue weighted by atomic mass is 9.57. The summed E-state index contributed by atoms with van der Waals surface area (Å²) in [6.07, 6.45) is 5.90. The molecule has 3 fully saturated rings. The van der Waals surface area contributed by atoms with Crippen molar-refractivity contribution in [1.82, 2.24) is 9.88 Å². The number of halogens is 1. The number of fused-ring (bicyclic) bond motifs is 2. The van der Waals surface area contributed by atoms with Crippen molar-refractivity contribution >= 4 is 18.1 Å². The highest BCUT2D eigenvalue weighted by Crippen LogP contribution is 2.53. The van der Waals surface area contributed by atoms with Crippen LogP contribution in [0.5, 0.6) is 0 Å². The molecule has 3 heterocycles. The maximum absolute atomic E-state index is 13.6. The molecule has 2 aliphatic heterocycles. The Morgan fingerprint density at radius 3 is 2.89 bits per heavy atom. The number of piperidine rings is 1. The Bertz CT molecular complexity index is 1170. The average Bonchev–Trinajstić information content (AvgIpc) is 3.09. The number of carbonyl (C=O) groups excluding carboxylic acids is 2. The molecule has 0 bridgehead atoms. The van der Waals surface area contributed by atoms with Crippen LogP contribution in [0.4, 0.5) is 9.18 Å². The molecule has 7 nitrogen and oxygen atoms in total. The van der Waals surface area contributed by atoms with Gasteiger partial charge in [0.1, 0.15) is 11.9 Å². The highest BCUT2D eigenvalue weighted by Gasteiger charge is 2.63. The second-order valence-electron chi connectivity index (χ2n) is 10.0. The Balaban J connectivity index is 1.40. The quantitative estimate of drug-likeness (QED) is 0.638. The van der Waals surface area contributed by atoms with Crippen molar-refractivity contribution in [1.29, 1.82) is 0 Å². The zero-order valence-corrected chi connectivity index (χ0v) is 20.5. The van der Waals surface area contributed by atoms with Gasteiger partial charge in [-0.25, -0.2) is 14.0 Å². The Kier molecular flexibility index (Phi) is 6.55. The fourth-order valence-electron chi connectivity index (χ4n) is 6.35. The van der Waals surface area contributed by atoms with Gasteiger partial charge >= 0.3 is 12.1 Å². The number of rotatable bonds is 4. The molecular weight excluding hydrogens is 463 g/mol. The van der Waals surface area contributed by atoms with Crippen molar-refractivity contribution in [2.75, 3.05) is 19.7 Å². The summed E-state index contributed by atoms with van der Waals surface area (Å²) in [7, 11) is 0. The van der Waals surface area contributed by atoms with Crippen molar-refractivity contribution in [3.63, 3.8) is 0 Å². The van der Waals surface area contributed by atoms with E-state index in [-0.39, 0.29) is 42.0 Å². The molecule has 3 aliphatic rings. The van der Waals surface area contributed by atoms with Crippen LogP contribution >= 0.6 is 0 Å². The maximum atomic E-state index is 13.6. The molecule has 1 amide bonds. The highest BCUT2D eigenvalue weighted by atomic mass is 19.1. The standard InChI is InChI=1S/C28H31FN2O5/c1-3-35-27(33)31-12-11-23-20(16-31)14-28(34)25(17(2)36-26(28)32)24(23)10-9-22-8-7-19(15-30-22)18-5-4-6-21(29)13-18/h4-10,13,15,17,20,23-25,34H,3,11-12,14,16H2,1-2H3/b10-9+/t17-,20-,23-,24+,25+,28+/m1/s1. The first kappa shape index (κ1) is 24.4. The van der Waals surface area contributed by atoms with Crippen LogP contribution < -0.4 is 0 Å². The van der Waals surface area contributed by atoms with Gasteiger partial charge in [0, 0.05) is 30.8 Å². The third-order valence-corrected chi connectivity index (χ3v) is 7.94. The number of nitrogens with zero attached hydrogens (tertiary/aromatic N) is 2. The van der Waals surface area contributed by atoms with Crippen LogP contribution in [-0.2, 0) is 14.3 Å². The fourth-order valence-corrected chi connectivity index (χ4v) is 6.35. The molecule has 0 unspecified atom stereocenters. The summed E-state index contributed by atoms with van der Waals surface area (Å²) in [5.74, 6) is -1.25. The minimum atomic E-state index is -1.58. The first-order valence-electron chi connectivity index (χ1n) is 12.6. The lowest BCUT2D eigenvalue weighted by molar-refractivity contribution is -0.162. The third kappa shape index (κ3) is 4.39. The van der Waals surface area contributed by atoms with Gasteiger partial charge in [-0.1, -0.05) is 24.3 Å². The number of aliphatic hydroxyl groups is 1. The van der Waals surface area contributed by atoms with Gasteiger partial charge in [0.2, 0.25) is 0 Å². The Hall–Kier alpha value is -3.26. The van der Waals surface area contributed by atoms with E-state index in [1.807, 2.05) is 37.3 Å². The van der Waals surface area contributed by atoms with E-state index in [9.17, 15) is 19.1 Å². The van der Waals surface area contributed by atoms with Gasteiger partial charge in [0.25, 0.3) is 0 Å². The molecule has 0 radical (unpaired) electrons.